The molecule has 1 aliphatic carbocycles. The maximum absolute atomic E-state index is 11.7. The third-order valence-corrected chi connectivity index (χ3v) is 4.65. The van der Waals surface area contributed by atoms with Crippen LogP contribution < -0.4 is 0 Å². The number of allylic oxidation sites excluding steroid dienone is 1. The van der Waals surface area contributed by atoms with Crippen molar-refractivity contribution >= 4 is 5.97 Å². The van der Waals surface area contributed by atoms with Crippen molar-refractivity contribution in [1.29, 1.82) is 0 Å². The van der Waals surface area contributed by atoms with Crippen LogP contribution in [0.15, 0.2) is 23.8 Å². The van der Waals surface area contributed by atoms with Gasteiger partial charge in [-0.3, -0.25) is 0 Å². The molecule has 0 radical (unpaired) electrons. The number of hydrogen-bond donors (Lipinski definition) is 1. The number of rotatable bonds is 1. The zero-order chi connectivity index (χ0) is 13.6. The van der Waals surface area contributed by atoms with Gasteiger partial charge in [-0.15, -0.1) is 0 Å². The summed E-state index contributed by atoms with van der Waals surface area (Å²) in [6.07, 6.45) is 5.40. The minimum atomic E-state index is -0.381. The summed E-state index contributed by atoms with van der Waals surface area (Å²) in [5.74, 6) is -0.265. The lowest BCUT2D eigenvalue weighted by Crippen LogP contribution is -2.25. The Hall–Kier alpha value is -1.13. The smallest absolute Gasteiger partial charge is 0.334 e. The summed E-state index contributed by atoms with van der Waals surface area (Å²) in [4.78, 5) is 11.7. The van der Waals surface area contributed by atoms with Crippen LogP contribution in [0, 0.1) is 5.92 Å². The van der Waals surface area contributed by atoms with Crippen molar-refractivity contribution < 1.29 is 19.4 Å². The van der Waals surface area contributed by atoms with E-state index in [4.69, 9.17) is 9.47 Å². The van der Waals surface area contributed by atoms with Crippen molar-refractivity contribution in [3.05, 3.63) is 23.8 Å². The second kappa shape index (κ2) is 4.46. The summed E-state index contributed by atoms with van der Waals surface area (Å²) < 4.78 is 11.1. The highest BCUT2D eigenvalue weighted by atomic mass is 16.6. The van der Waals surface area contributed by atoms with Crippen LogP contribution in [0.25, 0.3) is 0 Å². The van der Waals surface area contributed by atoms with Gasteiger partial charge in [-0.2, -0.15) is 0 Å². The van der Waals surface area contributed by atoms with E-state index in [1.807, 2.05) is 0 Å². The Balaban J connectivity index is 1.84. The number of hydrogen-bond acceptors (Lipinski definition) is 4. The van der Waals surface area contributed by atoms with E-state index in [1.165, 1.54) is 5.57 Å². The van der Waals surface area contributed by atoms with Gasteiger partial charge in [-0.1, -0.05) is 12.2 Å². The van der Waals surface area contributed by atoms with Gasteiger partial charge in [0.1, 0.15) is 11.7 Å². The molecule has 0 aromatic carbocycles. The van der Waals surface area contributed by atoms with E-state index < -0.39 is 0 Å². The average Bonchev–Trinajstić information content (AvgIpc) is 3.03. The van der Waals surface area contributed by atoms with Crippen molar-refractivity contribution in [2.75, 3.05) is 6.61 Å². The summed E-state index contributed by atoms with van der Waals surface area (Å²) >= 11 is 0. The number of carbonyl (C=O) groups excluding carboxylic acids is 1. The first-order valence-corrected chi connectivity index (χ1v) is 6.91. The summed E-state index contributed by atoms with van der Waals surface area (Å²) in [5.41, 5.74) is 1.38. The standard InChI is InChI=1S/C15H20O4/c1-9-3-4-13-15(8-16,19-13)6-5-11-10(2)14(17)18-12(11)7-9/h7,11-13,16H,2-6,8H2,1H3/b9-7+/t11-,12-,13+,15+/m0/s1. The van der Waals surface area contributed by atoms with Crippen LogP contribution in [-0.4, -0.2) is 35.5 Å². The van der Waals surface area contributed by atoms with Crippen LogP contribution in [0.5, 0.6) is 0 Å². The van der Waals surface area contributed by atoms with E-state index in [1.54, 1.807) is 0 Å². The first kappa shape index (κ1) is 12.9. The largest absolute Gasteiger partial charge is 0.454 e. The van der Waals surface area contributed by atoms with Crippen molar-refractivity contribution in [3.63, 3.8) is 0 Å². The van der Waals surface area contributed by atoms with E-state index in [0.717, 1.165) is 25.7 Å². The molecular weight excluding hydrogens is 244 g/mol. The fourth-order valence-electron chi connectivity index (χ4n) is 3.25. The number of epoxide rings is 1. The summed E-state index contributed by atoms with van der Waals surface area (Å²) in [6.45, 7) is 5.96. The molecule has 4 atom stereocenters. The molecule has 0 aromatic rings. The molecule has 0 unspecified atom stereocenters. The molecule has 2 heterocycles. The number of carbonyl (C=O) groups is 1. The molecular formula is C15H20O4. The number of esters is 1. The van der Waals surface area contributed by atoms with Gasteiger partial charge in [0.15, 0.2) is 0 Å². The monoisotopic (exact) mass is 264 g/mol. The first-order chi connectivity index (χ1) is 9.05. The molecule has 19 heavy (non-hydrogen) atoms. The molecule has 3 aliphatic rings. The molecule has 0 aromatic heterocycles. The molecule has 4 heteroatoms. The molecule has 104 valence electrons. The molecule has 3 rings (SSSR count). The molecule has 4 nitrogen and oxygen atoms in total. The number of ether oxygens (including phenoxy) is 2. The molecule has 2 saturated heterocycles. The number of aliphatic hydroxyl groups is 1. The van der Waals surface area contributed by atoms with Crippen LogP contribution in [0.4, 0.5) is 0 Å². The molecule has 0 amide bonds. The van der Waals surface area contributed by atoms with Gasteiger partial charge in [-0.05, 0) is 38.7 Å². The third-order valence-electron chi connectivity index (χ3n) is 4.65. The first-order valence-electron chi connectivity index (χ1n) is 6.91. The van der Waals surface area contributed by atoms with E-state index in [0.29, 0.717) is 5.57 Å². The van der Waals surface area contributed by atoms with Crippen molar-refractivity contribution in [1.82, 2.24) is 0 Å². The van der Waals surface area contributed by atoms with Gasteiger partial charge in [0.05, 0.1) is 12.7 Å². The lowest BCUT2D eigenvalue weighted by atomic mass is 9.84. The van der Waals surface area contributed by atoms with Crippen LogP contribution in [0.3, 0.4) is 0 Å². The van der Waals surface area contributed by atoms with Gasteiger partial charge >= 0.3 is 5.97 Å². The van der Waals surface area contributed by atoms with Gasteiger partial charge in [0, 0.05) is 11.5 Å². The van der Waals surface area contributed by atoms with Gasteiger partial charge < -0.3 is 14.6 Å². The summed E-state index contributed by atoms with van der Waals surface area (Å²) in [6, 6.07) is 0. The number of aliphatic hydroxyl groups excluding tert-OH is 1. The second-order valence-corrected chi connectivity index (χ2v) is 5.92. The van der Waals surface area contributed by atoms with E-state index in [9.17, 15) is 9.90 Å². The van der Waals surface area contributed by atoms with Crippen molar-refractivity contribution in [2.45, 2.75) is 50.4 Å². The zero-order valence-electron chi connectivity index (χ0n) is 11.2. The Morgan fingerprint density at radius 1 is 1.53 bits per heavy atom. The predicted octanol–water partition coefficient (Wildman–Crippen LogP) is 1.73. The van der Waals surface area contributed by atoms with E-state index in [-0.39, 0.29) is 36.3 Å². The zero-order valence-corrected chi connectivity index (χ0v) is 11.2. The Labute approximate surface area is 113 Å². The number of fused-ring (bicyclic) bond motifs is 2. The van der Waals surface area contributed by atoms with Crippen molar-refractivity contribution in [3.8, 4) is 0 Å². The quantitative estimate of drug-likeness (QED) is 0.339. The van der Waals surface area contributed by atoms with Crippen LogP contribution in [0.1, 0.15) is 32.6 Å². The van der Waals surface area contributed by atoms with E-state index >= 15 is 0 Å². The summed E-state index contributed by atoms with van der Waals surface area (Å²) in [7, 11) is 0. The Bertz CT molecular complexity index is 453. The fourth-order valence-corrected chi connectivity index (χ4v) is 3.25. The van der Waals surface area contributed by atoms with Gasteiger partial charge in [0.2, 0.25) is 0 Å². The molecule has 0 saturated carbocycles. The molecule has 2 fully saturated rings. The van der Waals surface area contributed by atoms with Gasteiger partial charge in [0.25, 0.3) is 0 Å². The normalized spacial score (nSPS) is 44.7. The molecule has 0 spiro atoms. The Morgan fingerprint density at radius 2 is 2.32 bits per heavy atom. The minimum Gasteiger partial charge on any atom is -0.454 e. The van der Waals surface area contributed by atoms with Crippen molar-refractivity contribution in [2.24, 2.45) is 5.92 Å². The summed E-state index contributed by atoms with van der Waals surface area (Å²) in [5, 5.41) is 9.53. The minimum absolute atomic E-state index is 0.0221. The lowest BCUT2D eigenvalue weighted by Gasteiger charge is -2.19. The SMILES string of the molecule is C=C1C(=O)O[C@H]2/C=C(\C)CC[C@H]3O[C@@]3(CO)CC[C@@H]12. The van der Waals surface area contributed by atoms with Crippen LogP contribution in [-0.2, 0) is 14.3 Å². The highest BCUT2D eigenvalue weighted by molar-refractivity contribution is 5.91. The van der Waals surface area contributed by atoms with E-state index in [2.05, 4.69) is 19.6 Å². The maximum atomic E-state index is 11.7. The Kier molecular flexibility index (Phi) is 3.02. The highest BCUT2D eigenvalue weighted by Crippen LogP contribution is 2.46. The highest BCUT2D eigenvalue weighted by Gasteiger charge is 2.56. The molecule has 2 aliphatic heterocycles. The fraction of sp³-hybridized carbons (Fsp3) is 0.667. The second-order valence-electron chi connectivity index (χ2n) is 5.92. The molecule has 1 N–H and O–H groups in total. The lowest BCUT2D eigenvalue weighted by molar-refractivity contribution is -0.137. The average molecular weight is 264 g/mol. The maximum Gasteiger partial charge on any atom is 0.334 e. The van der Waals surface area contributed by atoms with Gasteiger partial charge in [-0.25, -0.2) is 4.79 Å². The Morgan fingerprint density at radius 3 is 3.05 bits per heavy atom. The van der Waals surface area contributed by atoms with Crippen LogP contribution >= 0.6 is 0 Å². The predicted molar refractivity (Wildman–Crippen MR) is 69.4 cm³/mol. The molecule has 0 bridgehead atoms. The topological polar surface area (TPSA) is 59.1 Å². The van der Waals surface area contributed by atoms with Crippen LogP contribution in [0.2, 0.25) is 0 Å². The third kappa shape index (κ3) is 2.13.